The third kappa shape index (κ3) is 4.70. The molecule has 0 saturated carbocycles. The summed E-state index contributed by atoms with van der Waals surface area (Å²) in [5.41, 5.74) is 12.9. The molecule has 5 heteroatoms. The molecule has 0 bridgehead atoms. The zero-order valence-corrected chi connectivity index (χ0v) is 14.4. The van der Waals surface area contributed by atoms with E-state index in [1.54, 1.807) is 0 Å². The van der Waals surface area contributed by atoms with Gasteiger partial charge < -0.3 is 20.3 Å². The molecule has 0 fully saturated rings. The highest BCUT2D eigenvalue weighted by atomic mass is 28.4. The van der Waals surface area contributed by atoms with Crippen LogP contribution in [0.4, 0.5) is 11.4 Å². The second-order valence-electron chi connectivity index (χ2n) is 6.07. The van der Waals surface area contributed by atoms with Gasteiger partial charge in [0.2, 0.25) is 0 Å². The minimum absolute atomic E-state index is 0.485. The first kappa shape index (κ1) is 16.2. The van der Waals surface area contributed by atoms with Gasteiger partial charge in [-0.2, -0.15) is 0 Å². The topological polar surface area (TPSA) is 70.5 Å². The summed E-state index contributed by atoms with van der Waals surface area (Å²) in [6.07, 6.45) is 0. The van der Waals surface area contributed by atoms with Gasteiger partial charge in [0.05, 0.1) is 0 Å². The van der Waals surface area contributed by atoms with Crippen molar-refractivity contribution < 1.29 is 8.85 Å². The molecule has 0 aliphatic rings. The van der Waals surface area contributed by atoms with E-state index in [4.69, 9.17) is 20.3 Å². The number of rotatable bonds is 6. The first-order valence-corrected chi connectivity index (χ1v) is 9.98. The number of hydrogen-bond donors (Lipinski definition) is 2. The molecule has 0 atom stereocenters. The van der Waals surface area contributed by atoms with Gasteiger partial charge >= 0.3 is 8.56 Å². The maximum atomic E-state index is 6.23. The Hall–Kier alpha value is -2.14. The smallest absolute Gasteiger partial charge is 0.457 e. The normalized spacial score (nSPS) is 11.5. The molecule has 0 radical (unpaired) electrons. The van der Waals surface area contributed by atoms with E-state index in [2.05, 4.69) is 20.4 Å². The molecule has 118 valence electrons. The Labute approximate surface area is 133 Å². The molecule has 2 aromatic rings. The fraction of sp³-hybridized carbons (Fsp3) is 0.294. The predicted molar refractivity (Wildman–Crippen MR) is 94.2 cm³/mol. The fourth-order valence-corrected chi connectivity index (χ4v) is 5.38. The van der Waals surface area contributed by atoms with Gasteiger partial charge in [-0.1, -0.05) is 13.8 Å². The Kier molecular flexibility index (Phi) is 4.98. The summed E-state index contributed by atoms with van der Waals surface area (Å²) in [6.45, 7) is 6.42. The molecule has 22 heavy (non-hydrogen) atoms. The van der Waals surface area contributed by atoms with Crippen LogP contribution >= 0.6 is 0 Å². The molecule has 0 aliphatic carbocycles. The molecule has 4 nitrogen and oxygen atoms in total. The van der Waals surface area contributed by atoms with Gasteiger partial charge in [0.25, 0.3) is 0 Å². The summed E-state index contributed by atoms with van der Waals surface area (Å²) >= 11 is 0. The van der Waals surface area contributed by atoms with Crippen molar-refractivity contribution >= 4 is 19.9 Å². The monoisotopic (exact) mass is 316 g/mol. The van der Waals surface area contributed by atoms with Gasteiger partial charge in [-0.25, -0.2) is 0 Å². The summed E-state index contributed by atoms with van der Waals surface area (Å²) in [5, 5.41) is 0. The highest BCUT2D eigenvalue weighted by Crippen LogP contribution is 2.27. The first-order valence-electron chi connectivity index (χ1n) is 7.45. The van der Waals surface area contributed by atoms with Crippen LogP contribution in [0.2, 0.25) is 12.6 Å². The largest absolute Gasteiger partial charge is 0.512 e. The number of nitrogen functional groups attached to an aromatic ring is 2. The molecule has 0 spiro atoms. The molecular formula is C17H24N2O2Si. The molecule has 0 heterocycles. The fourth-order valence-electron chi connectivity index (χ4n) is 2.42. The van der Waals surface area contributed by atoms with Crippen molar-refractivity contribution in [3.63, 3.8) is 0 Å². The Bertz CT molecular complexity index is 550. The lowest BCUT2D eigenvalue weighted by atomic mass is 10.3. The van der Waals surface area contributed by atoms with Crippen molar-refractivity contribution in [1.82, 2.24) is 0 Å². The highest BCUT2D eigenvalue weighted by molar-refractivity contribution is 6.67. The highest BCUT2D eigenvalue weighted by Gasteiger charge is 2.37. The third-order valence-corrected chi connectivity index (χ3v) is 6.10. The average Bonchev–Trinajstić information content (AvgIpc) is 2.43. The zero-order valence-electron chi connectivity index (χ0n) is 13.4. The van der Waals surface area contributed by atoms with Crippen LogP contribution in [0.5, 0.6) is 11.5 Å². The minimum Gasteiger partial charge on any atom is -0.512 e. The van der Waals surface area contributed by atoms with Crippen LogP contribution < -0.4 is 20.3 Å². The lowest BCUT2D eigenvalue weighted by molar-refractivity contribution is 0.377. The summed E-state index contributed by atoms with van der Waals surface area (Å²) < 4.78 is 12.5. The van der Waals surface area contributed by atoms with Gasteiger partial charge in [0.15, 0.2) is 0 Å². The van der Waals surface area contributed by atoms with E-state index >= 15 is 0 Å². The van der Waals surface area contributed by atoms with Gasteiger partial charge in [0, 0.05) is 24.0 Å². The van der Waals surface area contributed by atoms with Crippen LogP contribution in [-0.2, 0) is 0 Å². The number of benzene rings is 2. The number of anilines is 2. The maximum absolute atomic E-state index is 6.23. The third-order valence-electron chi connectivity index (χ3n) is 3.21. The van der Waals surface area contributed by atoms with Gasteiger partial charge in [-0.05, 0) is 54.4 Å². The van der Waals surface area contributed by atoms with Crippen molar-refractivity contribution in [2.24, 2.45) is 5.92 Å². The van der Waals surface area contributed by atoms with E-state index < -0.39 is 8.56 Å². The quantitative estimate of drug-likeness (QED) is 0.623. The summed E-state index contributed by atoms with van der Waals surface area (Å²) in [4.78, 5) is 0. The lowest BCUT2D eigenvalue weighted by Gasteiger charge is -2.29. The van der Waals surface area contributed by atoms with Crippen LogP contribution in [0.1, 0.15) is 13.8 Å². The van der Waals surface area contributed by atoms with E-state index in [-0.39, 0.29) is 0 Å². The van der Waals surface area contributed by atoms with E-state index in [0.717, 1.165) is 28.9 Å². The lowest BCUT2D eigenvalue weighted by Crippen LogP contribution is -2.46. The van der Waals surface area contributed by atoms with E-state index in [1.807, 2.05) is 48.5 Å². The first-order chi connectivity index (χ1) is 10.4. The van der Waals surface area contributed by atoms with Crippen molar-refractivity contribution in [1.29, 1.82) is 0 Å². The van der Waals surface area contributed by atoms with E-state index in [1.165, 1.54) is 0 Å². The summed E-state index contributed by atoms with van der Waals surface area (Å²) in [7, 11) is -2.41. The Balaban J connectivity index is 2.18. The molecule has 4 N–H and O–H groups in total. The van der Waals surface area contributed by atoms with Gasteiger partial charge in [-0.3, -0.25) is 0 Å². The molecule has 0 unspecified atom stereocenters. The maximum Gasteiger partial charge on any atom is 0.457 e. The SMILES string of the molecule is CC(C)C[Si](C)(Oc1ccc(N)cc1)Oc1ccc(N)cc1. The zero-order chi connectivity index (χ0) is 16.2. The Morgan fingerprint density at radius 2 is 1.18 bits per heavy atom. The molecule has 2 aromatic carbocycles. The van der Waals surface area contributed by atoms with Crippen molar-refractivity contribution in [3.8, 4) is 11.5 Å². The second kappa shape index (κ2) is 6.75. The summed E-state index contributed by atoms with van der Waals surface area (Å²) in [5.74, 6) is 2.07. The molecular weight excluding hydrogens is 292 g/mol. The molecule has 0 saturated heterocycles. The Morgan fingerprint density at radius 3 is 1.50 bits per heavy atom. The van der Waals surface area contributed by atoms with Crippen molar-refractivity contribution in [2.45, 2.75) is 26.4 Å². The standard InChI is InChI=1S/C17H24N2O2Si/c1-13(2)12-22(3,20-16-8-4-14(18)5-9-16)21-17-10-6-15(19)7-11-17/h4-11,13H,12,18-19H2,1-3H3. The van der Waals surface area contributed by atoms with Crippen molar-refractivity contribution in [2.75, 3.05) is 11.5 Å². The summed E-state index contributed by atoms with van der Waals surface area (Å²) in [6, 6.07) is 15.8. The van der Waals surface area contributed by atoms with E-state index in [9.17, 15) is 0 Å². The number of nitrogens with two attached hydrogens (primary N) is 2. The van der Waals surface area contributed by atoms with Crippen LogP contribution in [0.25, 0.3) is 0 Å². The minimum atomic E-state index is -2.41. The molecule has 0 amide bonds. The van der Waals surface area contributed by atoms with Gasteiger partial charge in [-0.15, -0.1) is 0 Å². The Morgan fingerprint density at radius 1 is 0.818 bits per heavy atom. The number of hydrogen-bond acceptors (Lipinski definition) is 4. The van der Waals surface area contributed by atoms with Crippen LogP contribution in [0, 0.1) is 5.92 Å². The predicted octanol–water partition coefficient (Wildman–Crippen LogP) is 4.04. The molecule has 0 aliphatic heterocycles. The average molecular weight is 316 g/mol. The molecule has 2 rings (SSSR count). The second-order valence-corrected chi connectivity index (χ2v) is 9.16. The van der Waals surface area contributed by atoms with Crippen LogP contribution in [0.15, 0.2) is 48.5 Å². The molecule has 0 aromatic heterocycles. The van der Waals surface area contributed by atoms with Crippen LogP contribution in [-0.4, -0.2) is 8.56 Å². The van der Waals surface area contributed by atoms with Gasteiger partial charge in [0.1, 0.15) is 11.5 Å². The van der Waals surface area contributed by atoms with Crippen molar-refractivity contribution in [3.05, 3.63) is 48.5 Å². The van der Waals surface area contributed by atoms with Crippen LogP contribution in [0.3, 0.4) is 0 Å². The van der Waals surface area contributed by atoms with E-state index in [0.29, 0.717) is 5.92 Å².